The molecule has 1 saturated carbocycles. The van der Waals surface area contributed by atoms with Gasteiger partial charge in [-0.15, -0.1) is 0 Å². The molecule has 1 aromatic carbocycles. The lowest BCUT2D eigenvalue weighted by Gasteiger charge is -2.42. The maximum atomic E-state index is 12.3. The molecule has 0 spiro atoms. The van der Waals surface area contributed by atoms with E-state index in [1.165, 1.54) is 19.2 Å². The summed E-state index contributed by atoms with van der Waals surface area (Å²) >= 11 is 0. The molecule has 130 valence electrons. The summed E-state index contributed by atoms with van der Waals surface area (Å²) in [5, 5.41) is 39.2. The van der Waals surface area contributed by atoms with Gasteiger partial charge in [-0.3, -0.25) is 4.18 Å². The number of methoxy groups -OCH3 is 1. The first-order valence-electron chi connectivity index (χ1n) is 6.94. The van der Waals surface area contributed by atoms with E-state index in [2.05, 4.69) is 0 Å². The summed E-state index contributed by atoms with van der Waals surface area (Å²) < 4.78 is 34.5. The summed E-state index contributed by atoms with van der Waals surface area (Å²) in [6, 6.07) is 5.83. The van der Waals surface area contributed by atoms with Crippen molar-refractivity contribution in [3.05, 3.63) is 29.8 Å². The molecule has 9 heteroatoms. The van der Waals surface area contributed by atoms with Crippen molar-refractivity contribution in [1.29, 1.82) is 0 Å². The van der Waals surface area contributed by atoms with Gasteiger partial charge >= 0.3 is 0 Å². The molecule has 0 bridgehead atoms. The number of aliphatic hydroxyl groups excluding tert-OH is 4. The van der Waals surface area contributed by atoms with Gasteiger partial charge < -0.3 is 25.2 Å². The van der Waals surface area contributed by atoms with Gasteiger partial charge in [0.1, 0.15) is 36.6 Å². The molecule has 0 saturated heterocycles. The van der Waals surface area contributed by atoms with E-state index in [4.69, 9.17) is 8.92 Å². The molecule has 0 heterocycles. The molecule has 1 aliphatic rings. The molecule has 1 aromatic rings. The Balaban J connectivity index is 2.30. The second-order valence-corrected chi connectivity index (χ2v) is 7.06. The van der Waals surface area contributed by atoms with E-state index in [9.17, 15) is 28.8 Å². The molecule has 0 radical (unpaired) electrons. The van der Waals surface area contributed by atoms with Crippen LogP contribution in [0, 0.1) is 6.92 Å². The fraction of sp³-hybridized carbons (Fsp3) is 0.571. The molecule has 2 rings (SSSR count). The molecule has 8 nitrogen and oxygen atoms in total. The number of hydrogen-bond donors (Lipinski definition) is 4. The maximum Gasteiger partial charge on any atom is 0.297 e. The number of hydrogen-bond acceptors (Lipinski definition) is 8. The second-order valence-electron chi connectivity index (χ2n) is 5.49. The number of rotatable bonds is 4. The van der Waals surface area contributed by atoms with E-state index in [0.717, 1.165) is 5.56 Å². The van der Waals surface area contributed by atoms with E-state index in [1.54, 1.807) is 19.1 Å². The topological polar surface area (TPSA) is 134 Å². The lowest BCUT2D eigenvalue weighted by Crippen LogP contribution is -2.65. The van der Waals surface area contributed by atoms with Crippen LogP contribution in [0.15, 0.2) is 29.2 Å². The molecular formula is C14H20O8S. The highest BCUT2D eigenvalue weighted by atomic mass is 32.2. The first-order chi connectivity index (χ1) is 10.7. The maximum absolute atomic E-state index is 12.3. The summed E-state index contributed by atoms with van der Waals surface area (Å²) in [7, 11) is -3.09. The van der Waals surface area contributed by atoms with Crippen molar-refractivity contribution in [3.63, 3.8) is 0 Å². The molecule has 0 amide bonds. The molecule has 0 aliphatic heterocycles. The fourth-order valence-corrected chi connectivity index (χ4v) is 3.57. The van der Waals surface area contributed by atoms with Crippen molar-refractivity contribution in [3.8, 4) is 0 Å². The predicted octanol–water partition coefficient (Wildman–Crippen LogP) is -1.46. The van der Waals surface area contributed by atoms with Gasteiger partial charge in [0.05, 0.1) is 4.90 Å². The smallest absolute Gasteiger partial charge is 0.297 e. The average molecular weight is 348 g/mol. The zero-order chi connectivity index (χ0) is 17.4. The van der Waals surface area contributed by atoms with Crippen molar-refractivity contribution in [1.82, 2.24) is 0 Å². The highest BCUT2D eigenvalue weighted by Gasteiger charge is 2.51. The SMILES string of the molecule is COC1C(O)C(O)C(O)C(O)C1OS(=O)(=O)c1ccc(C)cc1. The molecule has 1 fully saturated rings. The number of aliphatic hydroxyl groups is 4. The minimum absolute atomic E-state index is 0.139. The van der Waals surface area contributed by atoms with Crippen molar-refractivity contribution in [2.75, 3.05) is 7.11 Å². The van der Waals surface area contributed by atoms with Crippen molar-refractivity contribution >= 4 is 10.1 Å². The summed E-state index contributed by atoms with van der Waals surface area (Å²) in [6.07, 6.45) is -9.72. The zero-order valence-electron chi connectivity index (χ0n) is 12.6. The third-order valence-corrected chi connectivity index (χ3v) is 5.19. The highest BCUT2D eigenvalue weighted by molar-refractivity contribution is 7.86. The minimum Gasteiger partial charge on any atom is -0.387 e. The van der Waals surface area contributed by atoms with Crippen LogP contribution in [0.4, 0.5) is 0 Å². The third kappa shape index (κ3) is 3.56. The van der Waals surface area contributed by atoms with Crippen LogP contribution in [0.3, 0.4) is 0 Å². The normalized spacial score (nSPS) is 35.2. The Morgan fingerprint density at radius 1 is 0.870 bits per heavy atom. The third-order valence-electron chi connectivity index (χ3n) is 3.87. The Labute approximate surface area is 134 Å². The zero-order valence-corrected chi connectivity index (χ0v) is 13.4. The van der Waals surface area contributed by atoms with Crippen molar-refractivity contribution in [2.45, 2.75) is 48.4 Å². The largest absolute Gasteiger partial charge is 0.387 e. The summed E-state index contributed by atoms with van der Waals surface area (Å²) in [5.74, 6) is 0. The van der Waals surface area contributed by atoms with Crippen LogP contribution in [0.2, 0.25) is 0 Å². The van der Waals surface area contributed by atoms with Crippen LogP contribution in [-0.2, 0) is 19.0 Å². The van der Waals surface area contributed by atoms with Gasteiger partial charge in [0.15, 0.2) is 0 Å². The average Bonchev–Trinajstić information content (AvgIpc) is 2.51. The first kappa shape index (κ1) is 18.3. The van der Waals surface area contributed by atoms with Crippen LogP contribution < -0.4 is 0 Å². The van der Waals surface area contributed by atoms with Crippen LogP contribution in [0.25, 0.3) is 0 Å². The van der Waals surface area contributed by atoms with E-state index >= 15 is 0 Å². The van der Waals surface area contributed by atoms with Gasteiger partial charge in [-0.25, -0.2) is 0 Å². The Morgan fingerprint density at radius 3 is 1.83 bits per heavy atom. The Kier molecular flexibility index (Phi) is 5.41. The number of aryl methyl sites for hydroxylation is 1. The lowest BCUT2D eigenvalue weighted by atomic mass is 9.85. The monoisotopic (exact) mass is 348 g/mol. The summed E-state index contributed by atoms with van der Waals surface area (Å²) in [5.41, 5.74) is 0.852. The minimum atomic E-state index is -4.26. The van der Waals surface area contributed by atoms with Gasteiger partial charge in [-0.2, -0.15) is 8.42 Å². The lowest BCUT2D eigenvalue weighted by molar-refractivity contribution is -0.222. The molecule has 6 atom stereocenters. The van der Waals surface area contributed by atoms with Crippen LogP contribution in [0.5, 0.6) is 0 Å². The van der Waals surface area contributed by atoms with Gasteiger partial charge in [0.25, 0.3) is 10.1 Å². The first-order valence-corrected chi connectivity index (χ1v) is 8.35. The fourth-order valence-electron chi connectivity index (χ4n) is 2.47. The van der Waals surface area contributed by atoms with Gasteiger partial charge in [-0.1, -0.05) is 17.7 Å². The standard InChI is InChI=1S/C14H20O8S/c1-7-3-5-8(6-4-7)23(19,20)22-14-12(18)10(16)9(15)11(17)13(14)21-2/h3-6,9-18H,1-2H3. The van der Waals surface area contributed by atoms with Crippen molar-refractivity contribution < 1.29 is 37.8 Å². The Bertz CT molecular complexity index is 629. The van der Waals surface area contributed by atoms with E-state index in [-0.39, 0.29) is 4.90 Å². The van der Waals surface area contributed by atoms with Gasteiger partial charge in [-0.05, 0) is 19.1 Å². The van der Waals surface area contributed by atoms with Crippen LogP contribution >= 0.6 is 0 Å². The molecule has 0 aromatic heterocycles. The van der Waals surface area contributed by atoms with Crippen molar-refractivity contribution in [2.24, 2.45) is 0 Å². The molecule has 1 aliphatic carbocycles. The Morgan fingerprint density at radius 2 is 1.35 bits per heavy atom. The summed E-state index contributed by atoms with van der Waals surface area (Å²) in [4.78, 5) is -0.139. The highest BCUT2D eigenvalue weighted by Crippen LogP contribution is 2.28. The molecular weight excluding hydrogens is 328 g/mol. The second kappa shape index (κ2) is 6.81. The molecule has 4 N–H and O–H groups in total. The number of ether oxygens (including phenoxy) is 1. The molecule has 23 heavy (non-hydrogen) atoms. The van der Waals surface area contributed by atoms with Gasteiger partial charge in [0, 0.05) is 7.11 Å². The number of benzene rings is 1. The predicted molar refractivity (Wildman–Crippen MR) is 78.1 cm³/mol. The van der Waals surface area contributed by atoms with E-state index in [0.29, 0.717) is 0 Å². The Hall–Kier alpha value is -1.07. The van der Waals surface area contributed by atoms with E-state index in [1.807, 2.05) is 0 Å². The quantitative estimate of drug-likeness (QED) is 0.485. The van der Waals surface area contributed by atoms with Crippen LogP contribution in [-0.4, -0.2) is 72.6 Å². The molecule has 6 unspecified atom stereocenters. The van der Waals surface area contributed by atoms with Gasteiger partial charge in [0.2, 0.25) is 0 Å². The van der Waals surface area contributed by atoms with Crippen LogP contribution in [0.1, 0.15) is 5.56 Å². The summed E-state index contributed by atoms with van der Waals surface area (Å²) in [6.45, 7) is 1.79. The van der Waals surface area contributed by atoms with E-state index < -0.39 is 46.7 Å².